The standard InChI is InChI=1S/C13H25N/c1-13(9-3-4-10-13)12(14-2)8-7-11-5-6-11/h11-12,14H,3-10H2,1-2H3. The summed E-state index contributed by atoms with van der Waals surface area (Å²) in [5.74, 6) is 1.09. The van der Waals surface area contributed by atoms with Crippen LogP contribution < -0.4 is 5.32 Å². The summed E-state index contributed by atoms with van der Waals surface area (Å²) < 4.78 is 0. The molecule has 0 saturated heterocycles. The first-order chi connectivity index (χ1) is 6.74. The molecule has 2 saturated carbocycles. The Morgan fingerprint density at radius 1 is 1.29 bits per heavy atom. The third kappa shape index (κ3) is 2.31. The molecule has 14 heavy (non-hydrogen) atoms. The maximum atomic E-state index is 3.57. The van der Waals surface area contributed by atoms with Crippen LogP contribution in [0.2, 0.25) is 0 Å². The van der Waals surface area contributed by atoms with Crippen molar-refractivity contribution in [2.24, 2.45) is 11.3 Å². The van der Waals surface area contributed by atoms with Crippen LogP contribution in [0.5, 0.6) is 0 Å². The Hall–Kier alpha value is -0.0400. The van der Waals surface area contributed by atoms with Gasteiger partial charge in [-0.05, 0) is 44.1 Å². The van der Waals surface area contributed by atoms with Crippen molar-refractivity contribution < 1.29 is 0 Å². The maximum absolute atomic E-state index is 3.57. The summed E-state index contributed by atoms with van der Waals surface area (Å²) in [6.07, 6.45) is 11.7. The van der Waals surface area contributed by atoms with E-state index >= 15 is 0 Å². The van der Waals surface area contributed by atoms with Crippen molar-refractivity contribution in [3.05, 3.63) is 0 Å². The summed E-state index contributed by atoms with van der Waals surface area (Å²) in [5.41, 5.74) is 0.615. The number of rotatable bonds is 5. The van der Waals surface area contributed by atoms with E-state index in [4.69, 9.17) is 0 Å². The van der Waals surface area contributed by atoms with Crippen molar-refractivity contribution in [2.45, 2.75) is 64.3 Å². The zero-order valence-electron chi connectivity index (χ0n) is 9.81. The lowest BCUT2D eigenvalue weighted by molar-refractivity contribution is 0.214. The lowest BCUT2D eigenvalue weighted by Crippen LogP contribution is -2.40. The second kappa shape index (κ2) is 4.22. The van der Waals surface area contributed by atoms with Gasteiger partial charge in [-0.25, -0.2) is 0 Å². The van der Waals surface area contributed by atoms with Crippen LogP contribution in [0.4, 0.5) is 0 Å². The minimum Gasteiger partial charge on any atom is -0.316 e. The molecule has 2 aliphatic rings. The molecular formula is C13H25N. The first-order valence-electron chi connectivity index (χ1n) is 6.42. The Morgan fingerprint density at radius 3 is 2.43 bits per heavy atom. The van der Waals surface area contributed by atoms with Crippen molar-refractivity contribution in [3.63, 3.8) is 0 Å². The summed E-state index contributed by atoms with van der Waals surface area (Å²) in [6.45, 7) is 2.49. The van der Waals surface area contributed by atoms with Gasteiger partial charge in [-0.3, -0.25) is 0 Å². The first-order valence-corrected chi connectivity index (χ1v) is 6.42. The van der Waals surface area contributed by atoms with Crippen LogP contribution in [0.25, 0.3) is 0 Å². The van der Waals surface area contributed by atoms with Crippen LogP contribution in [0.15, 0.2) is 0 Å². The van der Waals surface area contributed by atoms with Gasteiger partial charge in [0.05, 0.1) is 0 Å². The number of nitrogens with one attached hydrogen (secondary N) is 1. The van der Waals surface area contributed by atoms with Crippen LogP contribution in [0, 0.1) is 11.3 Å². The van der Waals surface area contributed by atoms with Crippen molar-refractivity contribution in [2.75, 3.05) is 7.05 Å². The van der Waals surface area contributed by atoms with E-state index in [0.29, 0.717) is 5.41 Å². The molecule has 0 aromatic rings. The highest BCUT2D eigenvalue weighted by molar-refractivity contribution is 4.91. The molecule has 1 nitrogen and oxygen atoms in total. The molecule has 0 heterocycles. The van der Waals surface area contributed by atoms with Crippen molar-refractivity contribution in [1.82, 2.24) is 5.32 Å². The van der Waals surface area contributed by atoms with Gasteiger partial charge in [0.25, 0.3) is 0 Å². The van der Waals surface area contributed by atoms with E-state index in [2.05, 4.69) is 19.3 Å². The number of hydrogen-bond donors (Lipinski definition) is 1. The number of hydrogen-bond acceptors (Lipinski definition) is 1. The van der Waals surface area contributed by atoms with E-state index in [0.717, 1.165) is 12.0 Å². The van der Waals surface area contributed by atoms with Crippen LogP contribution in [-0.2, 0) is 0 Å². The van der Waals surface area contributed by atoms with Crippen LogP contribution in [0.1, 0.15) is 58.3 Å². The second-order valence-electron chi connectivity index (χ2n) is 5.72. The Bertz CT molecular complexity index is 178. The SMILES string of the molecule is CNC(CCC1CC1)C1(C)CCCC1. The zero-order valence-corrected chi connectivity index (χ0v) is 9.81. The lowest BCUT2D eigenvalue weighted by Gasteiger charge is -2.34. The molecule has 0 aliphatic heterocycles. The molecule has 0 aromatic carbocycles. The van der Waals surface area contributed by atoms with Gasteiger partial charge < -0.3 is 5.32 Å². The minimum absolute atomic E-state index is 0.615. The average molecular weight is 195 g/mol. The molecule has 0 spiro atoms. The molecule has 1 atom stereocenters. The van der Waals surface area contributed by atoms with Gasteiger partial charge in [0, 0.05) is 6.04 Å². The highest BCUT2D eigenvalue weighted by Crippen LogP contribution is 2.43. The van der Waals surface area contributed by atoms with Crippen molar-refractivity contribution in [1.29, 1.82) is 0 Å². The predicted molar refractivity (Wildman–Crippen MR) is 61.4 cm³/mol. The topological polar surface area (TPSA) is 12.0 Å². The van der Waals surface area contributed by atoms with E-state index in [1.165, 1.54) is 51.4 Å². The molecule has 0 radical (unpaired) electrons. The molecule has 2 rings (SSSR count). The fourth-order valence-corrected chi connectivity index (χ4v) is 3.18. The van der Waals surface area contributed by atoms with Crippen molar-refractivity contribution in [3.8, 4) is 0 Å². The van der Waals surface area contributed by atoms with Gasteiger partial charge in [0.15, 0.2) is 0 Å². The van der Waals surface area contributed by atoms with Gasteiger partial charge in [-0.1, -0.05) is 32.6 Å². The van der Waals surface area contributed by atoms with E-state index in [-0.39, 0.29) is 0 Å². The van der Waals surface area contributed by atoms with Gasteiger partial charge in [-0.15, -0.1) is 0 Å². The van der Waals surface area contributed by atoms with Crippen LogP contribution in [0.3, 0.4) is 0 Å². The van der Waals surface area contributed by atoms with E-state index in [9.17, 15) is 0 Å². The maximum Gasteiger partial charge on any atom is 0.0118 e. The quantitative estimate of drug-likeness (QED) is 0.709. The molecule has 1 heteroatoms. The fraction of sp³-hybridized carbons (Fsp3) is 1.00. The Morgan fingerprint density at radius 2 is 1.93 bits per heavy atom. The zero-order chi connectivity index (χ0) is 10.0. The molecular weight excluding hydrogens is 170 g/mol. The summed E-state index contributed by atoms with van der Waals surface area (Å²) in [6, 6.07) is 0.783. The monoisotopic (exact) mass is 195 g/mol. The predicted octanol–water partition coefficient (Wildman–Crippen LogP) is 3.34. The molecule has 0 aromatic heterocycles. The average Bonchev–Trinajstić information content (AvgIpc) is 2.89. The first kappa shape index (κ1) is 10.5. The van der Waals surface area contributed by atoms with Gasteiger partial charge in [0.1, 0.15) is 0 Å². The highest BCUT2D eigenvalue weighted by Gasteiger charge is 2.36. The Labute approximate surface area is 88.7 Å². The van der Waals surface area contributed by atoms with E-state index in [1.54, 1.807) is 0 Å². The van der Waals surface area contributed by atoms with Crippen molar-refractivity contribution >= 4 is 0 Å². The normalized spacial score (nSPS) is 27.9. The smallest absolute Gasteiger partial charge is 0.0118 e. The van der Waals surface area contributed by atoms with Crippen LogP contribution >= 0.6 is 0 Å². The molecule has 82 valence electrons. The van der Waals surface area contributed by atoms with Gasteiger partial charge in [-0.2, -0.15) is 0 Å². The lowest BCUT2D eigenvalue weighted by atomic mass is 9.78. The summed E-state index contributed by atoms with van der Waals surface area (Å²) in [5, 5.41) is 3.57. The molecule has 0 amide bonds. The minimum atomic E-state index is 0.615. The molecule has 0 bridgehead atoms. The van der Waals surface area contributed by atoms with Crippen LogP contribution in [-0.4, -0.2) is 13.1 Å². The summed E-state index contributed by atoms with van der Waals surface area (Å²) in [4.78, 5) is 0. The van der Waals surface area contributed by atoms with E-state index in [1.807, 2.05) is 0 Å². The second-order valence-corrected chi connectivity index (χ2v) is 5.72. The van der Waals surface area contributed by atoms with Gasteiger partial charge in [0.2, 0.25) is 0 Å². The molecule has 1 unspecified atom stereocenters. The Balaban J connectivity index is 1.82. The third-order valence-corrected chi connectivity index (χ3v) is 4.50. The molecule has 1 N–H and O–H groups in total. The highest BCUT2D eigenvalue weighted by atomic mass is 14.9. The molecule has 2 fully saturated rings. The molecule has 2 aliphatic carbocycles. The summed E-state index contributed by atoms with van der Waals surface area (Å²) in [7, 11) is 2.15. The third-order valence-electron chi connectivity index (χ3n) is 4.50. The van der Waals surface area contributed by atoms with E-state index < -0.39 is 0 Å². The fourth-order valence-electron chi connectivity index (χ4n) is 3.18. The largest absolute Gasteiger partial charge is 0.316 e. The van der Waals surface area contributed by atoms with Gasteiger partial charge >= 0.3 is 0 Å². The Kier molecular flexibility index (Phi) is 3.16. The summed E-state index contributed by atoms with van der Waals surface area (Å²) >= 11 is 0.